The minimum Gasteiger partial charge on any atom is -0.396 e. The SMILES string of the molecule is C/C=C/C/C=C\CCCO. The summed E-state index contributed by atoms with van der Waals surface area (Å²) in [5.41, 5.74) is 0. The minimum absolute atomic E-state index is 0.300. The van der Waals surface area contributed by atoms with Crippen LogP contribution in [-0.2, 0) is 0 Å². The highest BCUT2D eigenvalue weighted by atomic mass is 16.2. The average molecular weight is 140 g/mol. The van der Waals surface area contributed by atoms with Crippen molar-refractivity contribution in [1.29, 1.82) is 0 Å². The predicted octanol–water partition coefficient (Wildman–Crippen LogP) is 2.28. The van der Waals surface area contributed by atoms with E-state index in [0.29, 0.717) is 6.61 Å². The lowest BCUT2D eigenvalue weighted by Gasteiger charge is -1.86. The molecule has 0 aliphatic carbocycles. The summed E-state index contributed by atoms with van der Waals surface area (Å²) in [5.74, 6) is 0. The zero-order valence-electron chi connectivity index (χ0n) is 6.59. The standard InChI is InChI=1S/C9H16O/c1-2-3-4-5-6-7-8-9-10/h2-3,5-6,10H,4,7-9H2,1H3/b3-2+,6-5-. The van der Waals surface area contributed by atoms with Gasteiger partial charge in [0.1, 0.15) is 0 Å². The van der Waals surface area contributed by atoms with Crippen molar-refractivity contribution in [2.75, 3.05) is 6.61 Å². The Kier molecular flexibility index (Phi) is 7.97. The van der Waals surface area contributed by atoms with Crippen molar-refractivity contribution in [1.82, 2.24) is 0 Å². The molecule has 1 nitrogen and oxygen atoms in total. The predicted molar refractivity (Wildman–Crippen MR) is 44.9 cm³/mol. The second-order valence-electron chi connectivity index (χ2n) is 2.14. The van der Waals surface area contributed by atoms with E-state index in [1.54, 1.807) is 0 Å². The zero-order valence-corrected chi connectivity index (χ0v) is 6.59. The molecule has 0 aliphatic heterocycles. The van der Waals surface area contributed by atoms with Crippen molar-refractivity contribution in [3.63, 3.8) is 0 Å². The fourth-order valence-electron chi connectivity index (χ4n) is 0.638. The second kappa shape index (κ2) is 8.44. The number of hydrogen-bond acceptors (Lipinski definition) is 1. The highest BCUT2D eigenvalue weighted by molar-refractivity contribution is 4.90. The molecule has 0 unspecified atom stereocenters. The van der Waals surface area contributed by atoms with Crippen LogP contribution in [0.4, 0.5) is 0 Å². The first-order valence-electron chi connectivity index (χ1n) is 3.78. The summed E-state index contributed by atoms with van der Waals surface area (Å²) >= 11 is 0. The molecular formula is C9H16O. The number of aliphatic hydroxyl groups excluding tert-OH is 1. The molecule has 0 saturated carbocycles. The first kappa shape index (κ1) is 9.44. The van der Waals surface area contributed by atoms with Crippen LogP contribution in [0.1, 0.15) is 26.2 Å². The van der Waals surface area contributed by atoms with Gasteiger partial charge in [-0.3, -0.25) is 0 Å². The molecule has 0 spiro atoms. The molecule has 0 saturated heterocycles. The van der Waals surface area contributed by atoms with E-state index in [0.717, 1.165) is 19.3 Å². The maximum atomic E-state index is 8.42. The highest BCUT2D eigenvalue weighted by Crippen LogP contribution is 1.92. The van der Waals surface area contributed by atoms with Gasteiger partial charge >= 0.3 is 0 Å². The fraction of sp³-hybridized carbons (Fsp3) is 0.556. The number of allylic oxidation sites excluding steroid dienone is 4. The molecule has 0 heterocycles. The summed E-state index contributed by atoms with van der Waals surface area (Å²) < 4.78 is 0. The van der Waals surface area contributed by atoms with Crippen molar-refractivity contribution in [2.24, 2.45) is 0 Å². The van der Waals surface area contributed by atoms with E-state index in [1.807, 2.05) is 13.0 Å². The molecule has 0 aromatic rings. The summed E-state index contributed by atoms with van der Waals surface area (Å²) in [4.78, 5) is 0. The number of aliphatic hydroxyl groups is 1. The smallest absolute Gasteiger partial charge is 0.0433 e. The van der Waals surface area contributed by atoms with Crippen LogP contribution in [0, 0.1) is 0 Å². The van der Waals surface area contributed by atoms with E-state index in [9.17, 15) is 0 Å². The summed E-state index contributed by atoms with van der Waals surface area (Å²) in [6.45, 7) is 2.32. The quantitative estimate of drug-likeness (QED) is 0.459. The first-order chi connectivity index (χ1) is 4.91. The van der Waals surface area contributed by atoms with Gasteiger partial charge < -0.3 is 5.11 Å². The summed E-state index contributed by atoms with van der Waals surface area (Å²) in [6, 6.07) is 0. The first-order valence-corrected chi connectivity index (χ1v) is 3.78. The third-order valence-corrected chi connectivity index (χ3v) is 1.20. The molecule has 0 aromatic carbocycles. The van der Waals surface area contributed by atoms with E-state index in [1.165, 1.54) is 0 Å². The van der Waals surface area contributed by atoms with Crippen LogP contribution in [-0.4, -0.2) is 11.7 Å². The van der Waals surface area contributed by atoms with E-state index in [4.69, 9.17) is 5.11 Å². The third-order valence-electron chi connectivity index (χ3n) is 1.20. The van der Waals surface area contributed by atoms with Crippen LogP contribution in [0.5, 0.6) is 0 Å². The van der Waals surface area contributed by atoms with Gasteiger partial charge in [0.25, 0.3) is 0 Å². The Hall–Kier alpha value is -0.560. The second-order valence-corrected chi connectivity index (χ2v) is 2.14. The van der Waals surface area contributed by atoms with Gasteiger partial charge in [-0.2, -0.15) is 0 Å². The largest absolute Gasteiger partial charge is 0.396 e. The van der Waals surface area contributed by atoms with E-state index < -0.39 is 0 Å². The van der Waals surface area contributed by atoms with Gasteiger partial charge in [0.2, 0.25) is 0 Å². The fourth-order valence-corrected chi connectivity index (χ4v) is 0.638. The molecule has 0 rings (SSSR count). The van der Waals surface area contributed by atoms with Crippen LogP contribution in [0.3, 0.4) is 0 Å². The Bertz CT molecular complexity index is 103. The highest BCUT2D eigenvalue weighted by Gasteiger charge is 1.76. The van der Waals surface area contributed by atoms with E-state index in [-0.39, 0.29) is 0 Å². The molecule has 0 amide bonds. The monoisotopic (exact) mass is 140 g/mol. The third kappa shape index (κ3) is 7.44. The Balaban J connectivity index is 3.04. The van der Waals surface area contributed by atoms with Crippen LogP contribution < -0.4 is 0 Å². The molecular weight excluding hydrogens is 124 g/mol. The average Bonchev–Trinajstić information content (AvgIpc) is 1.97. The molecule has 1 heteroatoms. The Morgan fingerprint density at radius 1 is 1.20 bits per heavy atom. The van der Waals surface area contributed by atoms with Crippen molar-refractivity contribution in [2.45, 2.75) is 26.2 Å². The van der Waals surface area contributed by atoms with Crippen LogP contribution >= 0.6 is 0 Å². The van der Waals surface area contributed by atoms with Gasteiger partial charge in [-0.15, -0.1) is 0 Å². The number of hydrogen-bond donors (Lipinski definition) is 1. The molecule has 0 atom stereocenters. The molecule has 0 aliphatic rings. The number of unbranched alkanes of at least 4 members (excludes halogenated alkanes) is 1. The van der Waals surface area contributed by atoms with Gasteiger partial charge in [0.15, 0.2) is 0 Å². The van der Waals surface area contributed by atoms with Crippen LogP contribution in [0.2, 0.25) is 0 Å². The molecule has 10 heavy (non-hydrogen) atoms. The minimum atomic E-state index is 0.300. The summed E-state index contributed by atoms with van der Waals surface area (Å²) in [5, 5.41) is 8.42. The van der Waals surface area contributed by atoms with Gasteiger partial charge in [-0.25, -0.2) is 0 Å². The van der Waals surface area contributed by atoms with Crippen molar-refractivity contribution in [3.8, 4) is 0 Å². The molecule has 0 fully saturated rings. The van der Waals surface area contributed by atoms with Crippen molar-refractivity contribution >= 4 is 0 Å². The van der Waals surface area contributed by atoms with E-state index >= 15 is 0 Å². The Morgan fingerprint density at radius 3 is 2.60 bits per heavy atom. The lowest BCUT2D eigenvalue weighted by molar-refractivity contribution is 0.289. The zero-order chi connectivity index (χ0) is 7.66. The molecule has 58 valence electrons. The Labute approximate surface area is 63.1 Å². The number of rotatable bonds is 5. The maximum absolute atomic E-state index is 8.42. The van der Waals surface area contributed by atoms with Crippen LogP contribution in [0.25, 0.3) is 0 Å². The lowest BCUT2D eigenvalue weighted by Crippen LogP contribution is -1.77. The van der Waals surface area contributed by atoms with Gasteiger partial charge in [-0.05, 0) is 26.2 Å². The Morgan fingerprint density at radius 2 is 2.00 bits per heavy atom. The molecule has 0 aromatic heterocycles. The van der Waals surface area contributed by atoms with Gasteiger partial charge in [0.05, 0.1) is 0 Å². The summed E-state index contributed by atoms with van der Waals surface area (Å²) in [7, 11) is 0. The van der Waals surface area contributed by atoms with Gasteiger partial charge in [-0.1, -0.05) is 24.3 Å². The lowest BCUT2D eigenvalue weighted by atomic mass is 10.2. The summed E-state index contributed by atoms with van der Waals surface area (Å²) in [6.07, 6.45) is 11.3. The van der Waals surface area contributed by atoms with Gasteiger partial charge in [0, 0.05) is 6.61 Å². The van der Waals surface area contributed by atoms with E-state index in [2.05, 4.69) is 18.2 Å². The van der Waals surface area contributed by atoms with Crippen molar-refractivity contribution in [3.05, 3.63) is 24.3 Å². The topological polar surface area (TPSA) is 20.2 Å². The van der Waals surface area contributed by atoms with Crippen LogP contribution in [0.15, 0.2) is 24.3 Å². The van der Waals surface area contributed by atoms with Crippen molar-refractivity contribution < 1.29 is 5.11 Å². The molecule has 0 bridgehead atoms. The normalized spacial score (nSPS) is 11.8. The maximum Gasteiger partial charge on any atom is 0.0433 e. The molecule has 1 N–H and O–H groups in total. The molecule has 0 radical (unpaired) electrons.